The van der Waals surface area contributed by atoms with E-state index < -0.39 is 0 Å². The lowest BCUT2D eigenvalue weighted by atomic mass is 9.94. The SMILES string of the molecule is CN=C(NCCC1CCN(C)CC1)N(C)Cc1ccc(Br)cc1. The molecule has 0 atom stereocenters. The van der Waals surface area contributed by atoms with E-state index in [0.717, 1.165) is 29.4 Å². The van der Waals surface area contributed by atoms with Crippen LogP contribution in [0.3, 0.4) is 0 Å². The number of hydrogen-bond donors (Lipinski definition) is 1. The predicted molar refractivity (Wildman–Crippen MR) is 102 cm³/mol. The van der Waals surface area contributed by atoms with Crippen molar-refractivity contribution in [2.45, 2.75) is 25.8 Å². The summed E-state index contributed by atoms with van der Waals surface area (Å²) in [5.41, 5.74) is 1.29. The van der Waals surface area contributed by atoms with Crippen LogP contribution in [0.25, 0.3) is 0 Å². The molecule has 1 fully saturated rings. The molecule has 1 heterocycles. The van der Waals surface area contributed by atoms with Crippen LogP contribution < -0.4 is 5.32 Å². The van der Waals surface area contributed by atoms with Crippen molar-refractivity contribution in [2.24, 2.45) is 10.9 Å². The van der Waals surface area contributed by atoms with Gasteiger partial charge in [0, 0.05) is 31.7 Å². The number of halogens is 1. The molecule has 0 aromatic heterocycles. The van der Waals surface area contributed by atoms with Crippen LogP contribution in [0.5, 0.6) is 0 Å². The Morgan fingerprint density at radius 2 is 1.96 bits per heavy atom. The highest BCUT2D eigenvalue weighted by atomic mass is 79.9. The lowest BCUT2D eigenvalue weighted by Gasteiger charge is -2.29. The lowest BCUT2D eigenvalue weighted by molar-refractivity contribution is 0.212. The van der Waals surface area contributed by atoms with E-state index in [2.05, 4.69) is 74.4 Å². The largest absolute Gasteiger partial charge is 0.356 e. The zero-order chi connectivity index (χ0) is 16.7. The van der Waals surface area contributed by atoms with Gasteiger partial charge in [0.15, 0.2) is 5.96 Å². The maximum absolute atomic E-state index is 4.41. The van der Waals surface area contributed by atoms with Crippen molar-refractivity contribution in [3.05, 3.63) is 34.3 Å². The summed E-state index contributed by atoms with van der Waals surface area (Å²) in [4.78, 5) is 9.01. The third kappa shape index (κ3) is 6.15. The molecule has 0 radical (unpaired) electrons. The van der Waals surface area contributed by atoms with Gasteiger partial charge >= 0.3 is 0 Å². The van der Waals surface area contributed by atoms with E-state index in [1.54, 1.807) is 0 Å². The number of hydrogen-bond acceptors (Lipinski definition) is 2. The summed E-state index contributed by atoms with van der Waals surface area (Å²) in [5.74, 6) is 1.83. The van der Waals surface area contributed by atoms with Gasteiger partial charge in [0.1, 0.15) is 0 Å². The van der Waals surface area contributed by atoms with Gasteiger partial charge in [0.05, 0.1) is 0 Å². The smallest absolute Gasteiger partial charge is 0.193 e. The molecule has 1 saturated heterocycles. The number of guanidine groups is 1. The molecule has 0 saturated carbocycles. The molecular weight excluding hydrogens is 352 g/mol. The van der Waals surface area contributed by atoms with Gasteiger partial charge in [-0.15, -0.1) is 0 Å². The van der Waals surface area contributed by atoms with E-state index in [9.17, 15) is 0 Å². The molecule has 4 nitrogen and oxygen atoms in total. The van der Waals surface area contributed by atoms with E-state index in [4.69, 9.17) is 0 Å². The summed E-state index contributed by atoms with van der Waals surface area (Å²) in [7, 11) is 6.16. The molecule has 23 heavy (non-hydrogen) atoms. The highest BCUT2D eigenvalue weighted by Gasteiger charge is 2.16. The molecule has 1 aliphatic rings. The minimum Gasteiger partial charge on any atom is -0.356 e. The zero-order valence-electron chi connectivity index (χ0n) is 14.6. The van der Waals surface area contributed by atoms with Gasteiger partial charge in [-0.3, -0.25) is 4.99 Å². The Labute approximate surface area is 149 Å². The first-order valence-electron chi connectivity index (χ1n) is 8.43. The summed E-state index contributed by atoms with van der Waals surface area (Å²) < 4.78 is 1.12. The third-order valence-corrected chi connectivity index (χ3v) is 5.11. The molecule has 0 spiro atoms. The molecule has 128 valence electrons. The average Bonchev–Trinajstić information content (AvgIpc) is 2.55. The normalized spacial score (nSPS) is 17.3. The number of benzene rings is 1. The fourth-order valence-electron chi connectivity index (χ4n) is 3.06. The van der Waals surface area contributed by atoms with Crippen molar-refractivity contribution in [3.63, 3.8) is 0 Å². The molecule has 0 aliphatic carbocycles. The molecular formula is C18H29BrN4. The highest BCUT2D eigenvalue weighted by molar-refractivity contribution is 9.10. The second-order valence-electron chi connectivity index (χ2n) is 6.49. The van der Waals surface area contributed by atoms with Crippen LogP contribution in [-0.4, -0.2) is 56.5 Å². The third-order valence-electron chi connectivity index (χ3n) is 4.58. The van der Waals surface area contributed by atoms with E-state index >= 15 is 0 Å². The number of aliphatic imine (C=N–C) groups is 1. The van der Waals surface area contributed by atoms with E-state index in [1.165, 1.54) is 37.9 Å². The van der Waals surface area contributed by atoms with E-state index in [-0.39, 0.29) is 0 Å². The molecule has 1 aromatic rings. The van der Waals surface area contributed by atoms with Crippen molar-refractivity contribution >= 4 is 21.9 Å². The Morgan fingerprint density at radius 1 is 1.30 bits per heavy atom. The number of nitrogens with one attached hydrogen (secondary N) is 1. The molecule has 0 amide bonds. The molecule has 1 N–H and O–H groups in total. The summed E-state index contributed by atoms with van der Waals surface area (Å²) in [5, 5.41) is 3.51. The van der Waals surface area contributed by atoms with Crippen LogP contribution in [-0.2, 0) is 6.54 Å². The topological polar surface area (TPSA) is 30.9 Å². The van der Waals surface area contributed by atoms with E-state index in [1.807, 2.05) is 7.05 Å². The van der Waals surface area contributed by atoms with Crippen molar-refractivity contribution < 1.29 is 0 Å². The van der Waals surface area contributed by atoms with Gasteiger partial charge in [-0.2, -0.15) is 0 Å². The second-order valence-corrected chi connectivity index (χ2v) is 7.41. The maximum Gasteiger partial charge on any atom is 0.193 e. The molecule has 0 bridgehead atoms. The Hall–Kier alpha value is -1.07. The van der Waals surface area contributed by atoms with Gasteiger partial charge in [0.2, 0.25) is 0 Å². The van der Waals surface area contributed by atoms with Crippen LogP contribution in [0.4, 0.5) is 0 Å². The van der Waals surface area contributed by atoms with Gasteiger partial charge in [0.25, 0.3) is 0 Å². The highest BCUT2D eigenvalue weighted by Crippen LogP contribution is 2.18. The molecule has 1 aromatic carbocycles. The molecule has 2 rings (SSSR count). The standard InChI is InChI=1S/C18H29BrN4/c1-20-18(21-11-8-15-9-12-22(2)13-10-15)23(3)14-16-4-6-17(19)7-5-16/h4-7,15H,8-14H2,1-3H3,(H,20,21). The fourth-order valence-corrected chi connectivity index (χ4v) is 3.33. The van der Waals surface area contributed by atoms with Crippen LogP contribution in [0.1, 0.15) is 24.8 Å². The van der Waals surface area contributed by atoms with E-state index in [0.29, 0.717) is 0 Å². The summed E-state index contributed by atoms with van der Waals surface area (Å²) in [6.07, 6.45) is 3.88. The Kier molecular flexibility index (Phi) is 7.37. The van der Waals surface area contributed by atoms with Crippen LogP contribution >= 0.6 is 15.9 Å². The van der Waals surface area contributed by atoms with Crippen molar-refractivity contribution in [1.29, 1.82) is 0 Å². The first kappa shape index (κ1) is 18.3. The quantitative estimate of drug-likeness (QED) is 0.628. The number of likely N-dealkylation sites (tertiary alicyclic amines) is 1. The average molecular weight is 381 g/mol. The summed E-state index contributed by atoms with van der Waals surface area (Å²) >= 11 is 3.48. The number of nitrogens with zero attached hydrogens (tertiary/aromatic N) is 3. The lowest BCUT2D eigenvalue weighted by Crippen LogP contribution is -2.40. The monoisotopic (exact) mass is 380 g/mol. The summed E-state index contributed by atoms with van der Waals surface area (Å²) in [6.45, 7) is 4.35. The summed E-state index contributed by atoms with van der Waals surface area (Å²) in [6, 6.07) is 8.46. The predicted octanol–water partition coefficient (Wildman–Crippen LogP) is 3.19. The Bertz CT molecular complexity index is 492. The number of piperidine rings is 1. The van der Waals surface area contributed by atoms with Crippen molar-refractivity contribution in [2.75, 3.05) is 40.8 Å². The Morgan fingerprint density at radius 3 is 2.57 bits per heavy atom. The first-order chi connectivity index (χ1) is 11.1. The number of rotatable bonds is 5. The van der Waals surface area contributed by atoms with Crippen LogP contribution in [0.15, 0.2) is 33.7 Å². The van der Waals surface area contributed by atoms with Crippen molar-refractivity contribution in [1.82, 2.24) is 15.1 Å². The molecule has 5 heteroatoms. The van der Waals surface area contributed by atoms with Gasteiger partial charge in [-0.25, -0.2) is 0 Å². The maximum atomic E-state index is 4.41. The molecule has 1 aliphatic heterocycles. The van der Waals surface area contributed by atoms with Gasteiger partial charge < -0.3 is 15.1 Å². The van der Waals surface area contributed by atoms with Gasteiger partial charge in [-0.1, -0.05) is 28.1 Å². The van der Waals surface area contributed by atoms with Crippen LogP contribution in [0, 0.1) is 5.92 Å². The second kappa shape index (κ2) is 9.28. The fraction of sp³-hybridized carbons (Fsp3) is 0.611. The van der Waals surface area contributed by atoms with Crippen LogP contribution in [0.2, 0.25) is 0 Å². The molecule has 0 unspecified atom stereocenters. The minimum atomic E-state index is 0.855. The van der Waals surface area contributed by atoms with Gasteiger partial charge in [-0.05, 0) is 63.0 Å². The van der Waals surface area contributed by atoms with Crippen molar-refractivity contribution in [3.8, 4) is 0 Å². The zero-order valence-corrected chi connectivity index (χ0v) is 16.1. The minimum absolute atomic E-state index is 0.855. The Balaban J connectivity index is 1.74. The first-order valence-corrected chi connectivity index (χ1v) is 9.22.